The predicted molar refractivity (Wildman–Crippen MR) is 159 cm³/mol. The summed E-state index contributed by atoms with van der Waals surface area (Å²) < 4.78 is 12.1. The zero-order valence-electron chi connectivity index (χ0n) is 22.8. The number of para-hydroxylation sites is 1. The van der Waals surface area contributed by atoms with Crippen LogP contribution in [0.5, 0.6) is 5.75 Å². The van der Waals surface area contributed by atoms with E-state index in [0.717, 1.165) is 34.7 Å². The Morgan fingerprint density at radius 2 is 1.74 bits per heavy atom. The van der Waals surface area contributed by atoms with Gasteiger partial charge >= 0.3 is 0 Å². The molecule has 4 heteroatoms. The van der Waals surface area contributed by atoms with Crippen LogP contribution >= 0.6 is 0 Å². The van der Waals surface area contributed by atoms with Crippen molar-refractivity contribution in [2.24, 2.45) is 11.8 Å². The van der Waals surface area contributed by atoms with Crippen LogP contribution in [0.15, 0.2) is 108 Å². The van der Waals surface area contributed by atoms with Gasteiger partial charge in [0.1, 0.15) is 24.3 Å². The fraction of sp³-hybridized carbons (Fsp3) is 0.371. The average Bonchev–Trinajstić information content (AvgIpc) is 3.58. The first-order chi connectivity index (χ1) is 19.2. The summed E-state index contributed by atoms with van der Waals surface area (Å²) in [7, 11) is 0. The number of anilines is 3. The van der Waals surface area contributed by atoms with Gasteiger partial charge in [0.05, 0.1) is 6.04 Å². The molecular formula is C35H38N2O2. The van der Waals surface area contributed by atoms with Gasteiger partial charge < -0.3 is 19.0 Å². The molecule has 4 nitrogen and oxygen atoms in total. The molecule has 0 radical (unpaired) electrons. The van der Waals surface area contributed by atoms with Crippen molar-refractivity contribution in [2.75, 3.05) is 9.80 Å². The second-order valence-electron chi connectivity index (χ2n) is 11.7. The van der Waals surface area contributed by atoms with Crippen LogP contribution in [-0.4, -0.2) is 18.2 Å². The summed E-state index contributed by atoms with van der Waals surface area (Å²) in [5, 5.41) is 0. The Morgan fingerprint density at radius 1 is 0.923 bits per heavy atom. The molecule has 2 aliphatic carbocycles. The molecule has 0 bridgehead atoms. The van der Waals surface area contributed by atoms with Gasteiger partial charge in [-0.3, -0.25) is 0 Å². The van der Waals surface area contributed by atoms with Crippen molar-refractivity contribution in [2.45, 2.75) is 69.6 Å². The Morgan fingerprint density at radius 3 is 2.56 bits per heavy atom. The lowest BCUT2D eigenvalue weighted by atomic mass is 9.68. The van der Waals surface area contributed by atoms with Gasteiger partial charge in [-0.25, -0.2) is 0 Å². The SMILES string of the molecule is C=C(C=CC=CC)N(c1ccccc1)c1ccc(C2CCC3C(C2)C2CCCC4Oc5cocc5N3C42)cc1. The Kier molecular flexibility index (Phi) is 6.34. The lowest BCUT2D eigenvalue weighted by molar-refractivity contribution is 0.0856. The van der Waals surface area contributed by atoms with Gasteiger partial charge in [0, 0.05) is 23.1 Å². The minimum absolute atomic E-state index is 0.316. The maximum atomic E-state index is 6.44. The van der Waals surface area contributed by atoms with Crippen LogP contribution in [0.25, 0.3) is 0 Å². The first kappa shape index (κ1) is 24.4. The van der Waals surface area contributed by atoms with Crippen molar-refractivity contribution in [3.8, 4) is 5.75 Å². The fourth-order valence-electron chi connectivity index (χ4n) is 8.04. The lowest BCUT2D eigenvalue weighted by Gasteiger charge is -2.44. The first-order valence-corrected chi connectivity index (χ1v) is 14.7. The summed E-state index contributed by atoms with van der Waals surface area (Å²) in [4.78, 5) is 4.96. The van der Waals surface area contributed by atoms with Crippen LogP contribution in [0.1, 0.15) is 56.9 Å². The smallest absolute Gasteiger partial charge is 0.181 e. The predicted octanol–water partition coefficient (Wildman–Crippen LogP) is 8.77. The molecule has 2 aliphatic heterocycles. The van der Waals surface area contributed by atoms with Crippen LogP contribution in [-0.2, 0) is 0 Å². The third-order valence-corrected chi connectivity index (χ3v) is 9.62. The van der Waals surface area contributed by atoms with E-state index < -0.39 is 0 Å². The molecular weight excluding hydrogens is 480 g/mol. The Hall–Kier alpha value is -3.66. The zero-order valence-corrected chi connectivity index (χ0v) is 22.8. The summed E-state index contributed by atoms with van der Waals surface area (Å²) in [5.41, 5.74) is 5.88. The molecule has 7 rings (SSSR count). The molecule has 3 fully saturated rings. The van der Waals surface area contributed by atoms with Crippen molar-refractivity contribution < 1.29 is 9.15 Å². The van der Waals surface area contributed by atoms with E-state index in [4.69, 9.17) is 9.15 Å². The van der Waals surface area contributed by atoms with Crippen LogP contribution in [0.2, 0.25) is 0 Å². The van der Waals surface area contributed by atoms with Crippen molar-refractivity contribution in [1.29, 1.82) is 0 Å². The second-order valence-corrected chi connectivity index (χ2v) is 11.7. The highest BCUT2D eigenvalue weighted by Crippen LogP contribution is 2.57. The highest BCUT2D eigenvalue weighted by atomic mass is 16.5. The highest BCUT2D eigenvalue weighted by Gasteiger charge is 2.57. The van der Waals surface area contributed by atoms with E-state index in [1.165, 1.54) is 49.8 Å². The summed E-state index contributed by atoms with van der Waals surface area (Å²) in [6.45, 7) is 6.42. The minimum Gasteiger partial charge on any atom is -0.483 e. The van der Waals surface area contributed by atoms with Crippen molar-refractivity contribution >= 4 is 17.1 Å². The number of hydrogen-bond acceptors (Lipinski definition) is 4. The molecule has 2 saturated carbocycles. The van der Waals surface area contributed by atoms with Crippen molar-refractivity contribution in [3.63, 3.8) is 0 Å². The summed E-state index contributed by atoms with van der Waals surface area (Å²) in [6, 6.07) is 20.9. The van der Waals surface area contributed by atoms with Gasteiger partial charge in [-0.05, 0) is 99.1 Å². The van der Waals surface area contributed by atoms with E-state index in [1.807, 2.05) is 31.4 Å². The number of hydrogen-bond donors (Lipinski definition) is 0. The zero-order chi connectivity index (χ0) is 26.3. The van der Waals surface area contributed by atoms with Crippen LogP contribution < -0.4 is 14.5 Å². The van der Waals surface area contributed by atoms with E-state index >= 15 is 0 Å². The maximum absolute atomic E-state index is 6.44. The van der Waals surface area contributed by atoms with Crippen LogP contribution in [0.4, 0.5) is 17.1 Å². The molecule has 0 spiro atoms. The molecule has 6 atom stereocenters. The van der Waals surface area contributed by atoms with Crippen molar-refractivity contribution in [3.05, 3.63) is 109 Å². The van der Waals surface area contributed by atoms with Gasteiger partial charge in [0.2, 0.25) is 0 Å². The molecule has 1 aromatic heterocycles. The van der Waals surface area contributed by atoms with Crippen LogP contribution in [0.3, 0.4) is 0 Å². The standard InChI is InChI=1S/C35H38N2O2/c1-3-4-6-10-24(2)36(27-11-7-5-8-12-27)28-18-15-25(16-19-28)26-17-20-31-30(21-26)29-13-9-14-33-35(29)37(31)32-22-38-23-34(32)39-33/h3-8,10-12,15-16,18-19,22-23,26,29-31,33,35H,2,9,13-14,17,20-21H2,1H3. The molecule has 3 heterocycles. The molecule has 0 N–H and O–H groups in total. The number of allylic oxidation sites excluding steroid dienone is 4. The number of nitrogens with zero attached hydrogens (tertiary/aromatic N) is 2. The molecule has 200 valence electrons. The van der Waals surface area contributed by atoms with Gasteiger partial charge in [-0.1, -0.05) is 55.1 Å². The summed E-state index contributed by atoms with van der Waals surface area (Å²) in [6.07, 6.45) is 19.7. The second kappa shape index (κ2) is 10.1. The van der Waals surface area contributed by atoms with Gasteiger partial charge in [0.15, 0.2) is 5.75 Å². The maximum Gasteiger partial charge on any atom is 0.181 e. The number of fused-ring (bicyclic) bond motifs is 5. The molecule has 0 amide bonds. The number of benzene rings is 2. The fourth-order valence-corrected chi connectivity index (χ4v) is 8.04. The van der Waals surface area contributed by atoms with Gasteiger partial charge in [-0.2, -0.15) is 0 Å². The van der Waals surface area contributed by atoms with E-state index in [-0.39, 0.29) is 0 Å². The highest BCUT2D eigenvalue weighted by molar-refractivity contribution is 5.70. The number of rotatable bonds is 6. The quantitative estimate of drug-likeness (QED) is 0.305. The van der Waals surface area contributed by atoms with E-state index in [9.17, 15) is 0 Å². The first-order valence-electron chi connectivity index (χ1n) is 14.7. The Balaban J connectivity index is 1.13. The third-order valence-electron chi connectivity index (χ3n) is 9.62. The number of furan rings is 1. The van der Waals surface area contributed by atoms with E-state index in [2.05, 4.69) is 77.1 Å². The Labute approximate surface area is 232 Å². The number of ether oxygens (including phenoxy) is 1. The largest absolute Gasteiger partial charge is 0.483 e. The molecule has 39 heavy (non-hydrogen) atoms. The third kappa shape index (κ3) is 4.21. The lowest BCUT2D eigenvalue weighted by Crippen LogP contribution is -2.52. The van der Waals surface area contributed by atoms with Crippen LogP contribution in [0, 0.1) is 11.8 Å². The minimum atomic E-state index is 0.316. The molecule has 2 aromatic carbocycles. The monoisotopic (exact) mass is 518 g/mol. The molecule has 6 unspecified atom stereocenters. The average molecular weight is 519 g/mol. The molecule has 4 aliphatic rings. The Bertz CT molecular complexity index is 1370. The normalized spacial score (nSPS) is 29.1. The summed E-state index contributed by atoms with van der Waals surface area (Å²) >= 11 is 0. The summed E-state index contributed by atoms with van der Waals surface area (Å²) in [5.74, 6) is 3.01. The van der Waals surface area contributed by atoms with Gasteiger partial charge in [-0.15, -0.1) is 0 Å². The van der Waals surface area contributed by atoms with Gasteiger partial charge in [0.25, 0.3) is 0 Å². The van der Waals surface area contributed by atoms with Crippen molar-refractivity contribution in [1.82, 2.24) is 0 Å². The molecule has 1 saturated heterocycles. The van der Waals surface area contributed by atoms with E-state index in [1.54, 1.807) is 6.26 Å². The molecule has 3 aromatic rings. The van der Waals surface area contributed by atoms with E-state index in [0.29, 0.717) is 24.1 Å². The topological polar surface area (TPSA) is 28.9 Å².